The number of nitrogens with zero attached hydrogens (tertiary/aromatic N) is 1. The van der Waals surface area contributed by atoms with Gasteiger partial charge < -0.3 is 9.47 Å². The van der Waals surface area contributed by atoms with Gasteiger partial charge in [-0.3, -0.25) is 4.48 Å². The Kier molecular flexibility index (Phi) is 13.9. The first-order valence-electron chi connectivity index (χ1n) is 10.6. The zero-order valence-electron chi connectivity index (χ0n) is 18.3. The van der Waals surface area contributed by atoms with E-state index < -0.39 is 12.2 Å². The van der Waals surface area contributed by atoms with Gasteiger partial charge in [-0.2, -0.15) is 0 Å². The van der Waals surface area contributed by atoms with Crippen LogP contribution in [-0.4, -0.2) is 49.9 Å². The molecular formula is C22H42NO4+. The number of esters is 2. The molecule has 0 amide bonds. The van der Waals surface area contributed by atoms with Gasteiger partial charge in [-0.1, -0.05) is 71.3 Å². The Bertz CT molecular complexity index is 446. The summed E-state index contributed by atoms with van der Waals surface area (Å²) in [5.74, 6) is -0.693. The molecule has 0 fully saturated rings. The van der Waals surface area contributed by atoms with E-state index in [4.69, 9.17) is 9.47 Å². The minimum absolute atomic E-state index is 0.169. The lowest BCUT2D eigenvalue weighted by Gasteiger charge is -2.33. The summed E-state index contributed by atoms with van der Waals surface area (Å²) in [6, 6.07) is 0. The maximum absolute atomic E-state index is 12.0. The Balaban J connectivity index is 3.78. The summed E-state index contributed by atoms with van der Waals surface area (Å²) in [6.07, 6.45) is 12.1. The fraction of sp³-hybridized carbons (Fsp3) is 0.818. The molecule has 27 heavy (non-hydrogen) atoms. The molecule has 0 rings (SSSR count). The monoisotopic (exact) mass is 384 g/mol. The summed E-state index contributed by atoms with van der Waals surface area (Å²) in [6.45, 7) is 9.83. The Morgan fingerprint density at radius 2 is 1.41 bits per heavy atom. The van der Waals surface area contributed by atoms with Crippen molar-refractivity contribution in [3.63, 3.8) is 0 Å². The zero-order valence-corrected chi connectivity index (χ0v) is 18.3. The van der Waals surface area contributed by atoms with Gasteiger partial charge in [0.2, 0.25) is 6.23 Å². The van der Waals surface area contributed by atoms with Crippen LogP contribution in [0.3, 0.4) is 0 Å². The number of hydrogen-bond acceptors (Lipinski definition) is 4. The number of ether oxygens (including phenoxy) is 2. The highest BCUT2D eigenvalue weighted by Gasteiger charge is 2.30. The van der Waals surface area contributed by atoms with E-state index in [1.807, 2.05) is 14.1 Å². The molecule has 0 N–H and O–H groups in total. The van der Waals surface area contributed by atoms with E-state index in [1.165, 1.54) is 51.4 Å². The van der Waals surface area contributed by atoms with E-state index in [9.17, 15) is 9.59 Å². The summed E-state index contributed by atoms with van der Waals surface area (Å²) in [5.41, 5.74) is 0.352. The van der Waals surface area contributed by atoms with Crippen LogP contribution in [0.2, 0.25) is 0 Å². The average Bonchev–Trinajstić information content (AvgIpc) is 2.59. The van der Waals surface area contributed by atoms with Crippen molar-refractivity contribution in [1.29, 1.82) is 0 Å². The first kappa shape index (κ1) is 25.6. The standard InChI is InChI=1S/C22H42NO4/c1-7-8-9-10-11-12-13-14-15-16-17-26-21(24)18-23(5,6)20(4)27-22(25)19(2)3/h20H,2,7-18H2,1,3-6H3/q+1. The number of carbonyl (C=O) groups excluding carboxylic acids is 2. The molecule has 0 aromatic rings. The maximum atomic E-state index is 12.0. The molecular weight excluding hydrogens is 342 g/mol. The Hall–Kier alpha value is -1.36. The van der Waals surface area contributed by atoms with E-state index in [2.05, 4.69) is 13.5 Å². The van der Waals surface area contributed by atoms with Crippen LogP contribution in [-0.2, 0) is 19.1 Å². The minimum atomic E-state index is -0.445. The summed E-state index contributed by atoms with van der Waals surface area (Å²) in [7, 11) is 3.69. The van der Waals surface area contributed by atoms with E-state index in [-0.39, 0.29) is 17.0 Å². The molecule has 0 aliphatic rings. The lowest BCUT2D eigenvalue weighted by Crippen LogP contribution is -2.52. The van der Waals surface area contributed by atoms with Crippen LogP contribution in [0.15, 0.2) is 12.2 Å². The van der Waals surface area contributed by atoms with E-state index in [0.717, 1.165) is 12.8 Å². The predicted octanol–water partition coefficient (Wildman–Crippen LogP) is 4.99. The molecule has 0 aliphatic heterocycles. The van der Waals surface area contributed by atoms with Gasteiger partial charge in [0.15, 0.2) is 6.54 Å². The maximum Gasteiger partial charge on any atom is 0.361 e. The third kappa shape index (κ3) is 13.5. The fourth-order valence-electron chi connectivity index (χ4n) is 2.68. The zero-order chi connectivity index (χ0) is 20.7. The topological polar surface area (TPSA) is 52.6 Å². The van der Waals surface area contributed by atoms with Crippen LogP contribution in [0.1, 0.15) is 85.0 Å². The lowest BCUT2D eigenvalue weighted by molar-refractivity contribution is -0.926. The van der Waals surface area contributed by atoms with Crippen molar-refractivity contribution in [2.75, 3.05) is 27.2 Å². The van der Waals surface area contributed by atoms with Crippen LogP contribution in [0, 0.1) is 0 Å². The highest BCUT2D eigenvalue weighted by Crippen LogP contribution is 2.12. The molecule has 0 aromatic heterocycles. The van der Waals surface area contributed by atoms with Crippen LogP contribution in [0.5, 0.6) is 0 Å². The average molecular weight is 385 g/mol. The van der Waals surface area contributed by atoms with Crippen LogP contribution in [0.4, 0.5) is 0 Å². The number of likely N-dealkylation sites (N-methyl/N-ethyl adjacent to an activating group) is 1. The van der Waals surface area contributed by atoms with Gasteiger partial charge in [-0.15, -0.1) is 0 Å². The molecule has 0 radical (unpaired) electrons. The van der Waals surface area contributed by atoms with Gasteiger partial charge in [0.25, 0.3) is 0 Å². The lowest BCUT2D eigenvalue weighted by atomic mass is 10.1. The second-order valence-corrected chi connectivity index (χ2v) is 8.12. The number of quaternary nitrogens is 1. The third-order valence-corrected chi connectivity index (χ3v) is 4.91. The van der Waals surface area contributed by atoms with Gasteiger partial charge in [0.1, 0.15) is 0 Å². The molecule has 0 aromatic carbocycles. The molecule has 0 spiro atoms. The third-order valence-electron chi connectivity index (χ3n) is 4.91. The van der Waals surface area contributed by atoms with Crippen LogP contribution < -0.4 is 0 Å². The van der Waals surface area contributed by atoms with Crippen molar-refractivity contribution in [3.8, 4) is 0 Å². The summed E-state index contributed by atoms with van der Waals surface area (Å²) in [4.78, 5) is 23.7. The Morgan fingerprint density at radius 1 is 0.926 bits per heavy atom. The fourth-order valence-corrected chi connectivity index (χ4v) is 2.68. The molecule has 158 valence electrons. The Labute approximate surface area is 166 Å². The molecule has 1 unspecified atom stereocenters. The van der Waals surface area contributed by atoms with Gasteiger partial charge in [0, 0.05) is 12.5 Å². The van der Waals surface area contributed by atoms with Crippen LogP contribution in [0.25, 0.3) is 0 Å². The smallest absolute Gasteiger partial charge is 0.361 e. The molecule has 0 heterocycles. The molecule has 0 saturated heterocycles. The first-order valence-corrected chi connectivity index (χ1v) is 10.6. The van der Waals surface area contributed by atoms with E-state index in [0.29, 0.717) is 12.2 Å². The van der Waals surface area contributed by atoms with Gasteiger partial charge in [0.05, 0.1) is 20.7 Å². The SMILES string of the molecule is C=C(C)C(=O)OC(C)[N+](C)(C)CC(=O)OCCCCCCCCCCCC. The van der Waals surface area contributed by atoms with Crippen molar-refractivity contribution >= 4 is 11.9 Å². The van der Waals surface area contributed by atoms with Crippen molar-refractivity contribution in [2.45, 2.75) is 91.2 Å². The summed E-state index contributed by atoms with van der Waals surface area (Å²) in [5, 5.41) is 0. The molecule has 0 bridgehead atoms. The highest BCUT2D eigenvalue weighted by molar-refractivity contribution is 5.87. The second-order valence-electron chi connectivity index (χ2n) is 8.12. The molecule has 0 aliphatic carbocycles. The number of hydrogen-bond donors (Lipinski definition) is 0. The van der Waals surface area contributed by atoms with Crippen LogP contribution >= 0.6 is 0 Å². The van der Waals surface area contributed by atoms with Crippen molar-refractivity contribution < 1.29 is 23.5 Å². The van der Waals surface area contributed by atoms with Gasteiger partial charge >= 0.3 is 11.9 Å². The van der Waals surface area contributed by atoms with Gasteiger partial charge in [-0.25, -0.2) is 9.59 Å². The molecule has 0 saturated carbocycles. The molecule has 5 nitrogen and oxygen atoms in total. The highest BCUT2D eigenvalue weighted by atomic mass is 16.6. The quantitative estimate of drug-likeness (QED) is 0.124. The number of carbonyl (C=O) groups is 2. The predicted molar refractivity (Wildman–Crippen MR) is 110 cm³/mol. The van der Waals surface area contributed by atoms with Crippen molar-refractivity contribution in [3.05, 3.63) is 12.2 Å². The largest absolute Gasteiger partial charge is 0.462 e. The van der Waals surface area contributed by atoms with E-state index >= 15 is 0 Å². The summed E-state index contributed by atoms with van der Waals surface area (Å²) >= 11 is 0. The summed E-state index contributed by atoms with van der Waals surface area (Å²) < 4.78 is 10.9. The Morgan fingerprint density at radius 3 is 1.89 bits per heavy atom. The normalized spacial score (nSPS) is 12.5. The number of unbranched alkanes of at least 4 members (excludes halogenated alkanes) is 9. The molecule has 5 heteroatoms. The second kappa shape index (κ2) is 14.7. The van der Waals surface area contributed by atoms with Gasteiger partial charge in [-0.05, 0) is 13.3 Å². The first-order chi connectivity index (χ1) is 12.7. The minimum Gasteiger partial charge on any atom is -0.462 e. The number of rotatable bonds is 16. The van der Waals surface area contributed by atoms with Crippen molar-refractivity contribution in [1.82, 2.24) is 0 Å². The van der Waals surface area contributed by atoms with E-state index in [1.54, 1.807) is 13.8 Å². The van der Waals surface area contributed by atoms with Crippen molar-refractivity contribution in [2.24, 2.45) is 0 Å². The molecule has 1 atom stereocenters.